The zero-order valence-corrected chi connectivity index (χ0v) is 15.3. The van der Waals surface area contributed by atoms with Crippen LogP contribution >= 0.6 is 0 Å². The fourth-order valence-corrected chi connectivity index (χ4v) is 4.45. The van der Waals surface area contributed by atoms with Gasteiger partial charge in [-0.1, -0.05) is 19.1 Å². The van der Waals surface area contributed by atoms with Gasteiger partial charge in [0, 0.05) is 5.92 Å². The van der Waals surface area contributed by atoms with Crippen molar-refractivity contribution in [3.8, 4) is 0 Å². The molecule has 0 amide bonds. The number of pyridine rings is 1. The summed E-state index contributed by atoms with van der Waals surface area (Å²) >= 11 is 0. The second kappa shape index (κ2) is 5.85. The van der Waals surface area contributed by atoms with Gasteiger partial charge in [-0.05, 0) is 35.8 Å². The lowest BCUT2D eigenvalue weighted by atomic mass is 9.85. The lowest BCUT2D eigenvalue weighted by Gasteiger charge is -2.26. The van der Waals surface area contributed by atoms with Crippen LogP contribution in [0.2, 0.25) is 0 Å². The Balaban J connectivity index is 1.70. The highest BCUT2D eigenvalue weighted by molar-refractivity contribution is 6.14. The van der Waals surface area contributed by atoms with Crippen LogP contribution in [0, 0.1) is 5.92 Å². The number of rotatable bonds is 1. The number of hydrogen-bond donors (Lipinski definition) is 1. The number of halogens is 1. The van der Waals surface area contributed by atoms with Gasteiger partial charge in [-0.3, -0.25) is 14.6 Å². The molecule has 1 aromatic heterocycles. The van der Waals surface area contributed by atoms with Crippen molar-refractivity contribution in [1.29, 1.82) is 0 Å². The quantitative estimate of drug-likeness (QED) is 0.754. The minimum Gasteiger partial charge on any atom is -0.460 e. The monoisotopic (exact) mass is 382 g/mol. The molecule has 1 aliphatic carbocycles. The first kappa shape index (κ1) is 17.3. The van der Waals surface area contributed by atoms with E-state index in [4.69, 9.17) is 9.73 Å². The summed E-state index contributed by atoms with van der Waals surface area (Å²) in [7, 11) is 0. The molecular formula is C21H19FN2O4. The fraction of sp³-hybridized carbons (Fsp3) is 0.381. The third-order valence-electron chi connectivity index (χ3n) is 6.05. The van der Waals surface area contributed by atoms with Crippen molar-refractivity contribution >= 4 is 11.7 Å². The molecule has 7 heteroatoms. The third-order valence-corrected chi connectivity index (χ3v) is 6.05. The number of aromatic nitrogens is 1. The summed E-state index contributed by atoms with van der Waals surface area (Å²) in [6.45, 7) is 1.98. The van der Waals surface area contributed by atoms with E-state index < -0.39 is 11.6 Å². The Bertz CT molecular complexity index is 1090. The number of aliphatic imine (C=N–C) groups is 1. The Kier molecular flexibility index (Phi) is 3.61. The topological polar surface area (TPSA) is 80.9 Å². The molecule has 28 heavy (non-hydrogen) atoms. The van der Waals surface area contributed by atoms with E-state index in [-0.39, 0.29) is 42.8 Å². The van der Waals surface area contributed by atoms with Crippen LogP contribution in [0.5, 0.6) is 0 Å². The molecule has 0 bridgehead atoms. The van der Waals surface area contributed by atoms with Crippen LogP contribution in [0.25, 0.3) is 0 Å². The molecule has 3 aliphatic heterocycles. The molecule has 1 aromatic rings. The van der Waals surface area contributed by atoms with Gasteiger partial charge in [-0.25, -0.2) is 4.39 Å². The molecule has 0 saturated carbocycles. The second-order valence-electron chi connectivity index (χ2n) is 7.68. The lowest BCUT2D eigenvalue weighted by molar-refractivity contribution is -0.149. The summed E-state index contributed by atoms with van der Waals surface area (Å²) < 4.78 is 20.4. The molecule has 0 aromatic carbocycles. The number of carbonyl (C=O) groups excluding carboxylic acids is 1. The van der Waals surface area contributed by atoms with E-state index in [0.717, 1.165) is 5.57 Å². The molecule has 0 spiro atoms. The van der Waals surface area contributed by atoms with Crippen molar-refractivity contribution in [3.05, 3.63) is 68.9 Å². The maximum absolute atomic E-state index is 13.7. The summed E-state index contributed by atoms with van der Waals surface area (Å²) in [5.74, 6) is -0.886. The number of cyclic esters (lactones) is 1. The highest BCUT2D eigenvalue weighted by atomic mass is 19.1. The molecule has 4 aliphatic rings. The predicted molar refractivity (Wildman–Crippen MR) is 99.5 cm³/mol. The first-order valence-electron chi connectivity index (χ1n) is 9.39. The number of hydrogen-bond acceptors (Lipinski definition) is 5. The van der Waals surface area contributed by atoms with E-state index >= 15 is 0 Å². The molecule has 2 unspecified atom stereocenters. The summed E-state index contributed by atoms with van der Waals surface area (Å²) in [5.41, 5.74) is 1.15. The molecule has 144 valence electrons. The number of allylic oxidation sites excluding steroid dienone is 3. The Morgan fingerprint density at radius 3 is 3.00 bits per heavy atom. The summed E-state index contributed by atoms with van der Waals surface area (Å²) in [5, 5.41) is 11.1. The van der Waals surface area contributed by atoms with Gasteiger partial charge in [0.25, 0.3) is 5.56 Å². The number of carbonyl (C=O) groups is 1. The van der Waals surface area contributed by atoms with Crippen LogP contribution in [0.1, 0.15) is 36.6 Å². The molecule has 1 N–H and O–H groups in total. The summed E-state index contributed by atoms with van der Waals surface area (Å²) in [4.78, 5) is 29.8. The molecule has 6 nitrogen and oxygen atoms in total. The minimum atomic E-state index is -1.46. The van der Waals surface area contributed by atoms with Crippen LogP contribution < -0.4 is 5.56 Å². The largest absolute Gasteiger partial charge is 0.460 e. The van der Waals surface area contributed by atoms with Crippen LogP contribution in [0.15, 0.2) is 51.6 Å². The first-order chi connectivity index (χ1) is 13.4. The Morgan fingerprint density at radius 1 is 1.39 bits per heavy atom. The Hall–Kier alpha value is -2.80. The van der Waals surface area contributed by atoms with E-state index in [1.165, 1.54) is 12.2 Å². The third kappa shape index (κ3) is 2.39. The van der Waals surface area contributed by atoms with Crippen LogP contribution in [0.3, 0.4) is 0 Å². The van der Waals surface area contributed by atoms with E-state index in [9.17, 15) is 19.1 Å². The van der Waals surface area contributed by atoms with E-state index in [1.54, 1.807) is 23.6 Å². The number of fused-ring (bicyclic) bond motifs is 5. The van der Waals surface area contributed by atoms with E-state index in [0.29, 0.717) is 29.1 Å². The molecule has 0 radical (unpaired) electrons. The molecule has 0 fully saturated rings. The van der Waals surface area contributed by atoms with Gasteiger partial charge in [0.15, 0.2) is 0 Å². The number of dihydropyridines is 1. The van der Waals surface area contributed by atoms with E-state index in [1.807, 2.05) is 6.08 Å². The molecule has 3 atom stereocenters. The van der Waals surface area contributed by atoms with Crippen molar-refractivity contribution in [3.63, 3.8) is 0 Å². The van der Waals surface area contributed by atoms with Crippen LogP contribution in [-0.4, -0.2) is 27.4 Å². The van der Waals surface area contributed by atoms with E-state index in [2.05, 4.69) is 0 Å². The fourth-order valence-electron chi connectivity index (χ4n) is 4.45. The second-order valence-corrected chi connectivity index (χ2v) is 7.68. The Labute approximate surface area is 160 Å². The summed E-state index contributed by atoms with van der Waals surface area (Å²) in [6.07, 6.45) is 6.79. The molecular weight excluding hydrogens is 363 g/mol. The minimum absolute atomic E-state index is 0.0328. The zero-order chi connectivity index (χ0) is 19.6. The number of esters is 1. The first-order valence-corrected chi connectivity index (χ1v) is 9.39. The predicted octanol–water partition coefficient (Wildman–Crippen LogP) is 2.04. The van der Waals surface area contributed by atoms with Crippen molar-refractivity contribution < 1.29 is 19.0 Å². The van der Waals surface area contributed by atoms with Gasteiger partial charge in [-0.2, -0.15) is 0 Å². The van der Waals surface area contributed by atoms with Crippen molar-refractivity contribution in [2.24, 2.45) is 10.9 Å². The normalized spacial score (nSPS) is 30.1. The highest BCUT2D eigenvalue weighted by Gasteiger charge is 2.40. The highest BCUT2D eigenvalue weighted by Crippen LogP contribution is 2.37. The number of ether oxygens (including phenoxy) is 1. The standard InChI is InChI=1S/C21H19FN2O4/c1-2-21(27)8-18(25)28-10-14-15(21)7-17-19-12(9-24(17)20(14)26)5-11-3-4-13(22)6-16(11)23-19/h3-7,11,16,27H,2,8-10H2,1H3/t11?,16?,21-/m1/s1. The van der Waals surface area contributed by atoms with Gasteiger partial charge >= 0.3 is 5.97 Å². The lowest BCUT2D eigenvalue weighted by Crippen LogP contribution is -2.33. The number of aliphatic hydroxyl groups is 1. The average molecular weight is 382 g/mol. The van der Waals surface area contributed by atoms with Gasteiger partial charge < -0.3 is 14.4 Å². The maximum Gasteiger partial charge on any atom is 0.309 e. The molecule has 0 saturated heterocycles. The van der Waals surface area contributed by atoms with Crippen molar-refractivity contribution in [2.75, 3.05) is 0 Å². The van der Waals surface area contributed by atoms with Gasteiger partial charge in [0.1, 0.15) is 18.0 Å². The SMILES string of the molecule is CC[C@@]1(O)CC(=O)OCc2c1cc1n(c2=O)CC2=CC3C=CC(F)=CC3N=C21. The summed E-state index contributed by atoms with van der Waals surface area (Å²) in [6, 6.07) is 1.40. The molecule has 5 rings (SSSR count). The van der Waals surface area contributed by atoms with Crippen LogP contribution in [0.4, 0.5) is 4.39 Å². The molecule has 4 heterocycles. The number of nitrogens with zero attached hydrogens (tertiary/aromatic N) is 2. The van der Waals surface area contributed by atoms with Crippen molar-refractivity contribution in [1.82, 2.24) is 4.57 Å². The maximum atomic E-state index is 13.7. The van der Waals surface area contributed by atoms with Crippen molar-refractivity contribution in [2.45, 2.75) is 44.6 Å². The van der Waals surface area contributed by atoms with Gasteiger partial charge in [0.05, 0.1) is 36.0 Å². The smallest absolute Gasteiger partial charge is 0.309 e. The van der Waals surface area contributed by atoms with Crippen LogP contribution in [-0.2, 0) is 28.3 Å². The van der Waals surface area contributed by atoms with Gasteiger partial charge in [-0.15, -0.1) is 0 Å². The average Bonchev–Trinajstić information content (AvgIpc) is 2.96. The Morgan fingerprint density at radius 2 is 2.21 bits per heavy atom. The van der Waals surface area contributed by atoms with Gasteiger partial charge in [0.2, 0.25) is 0 Å². The zero-order valence-electron chi connectivity index (χ0n) is 15.3.